The van der Waals surface area contributed by atoms with E-state index >= 15 is 0 Å². The van der Waals surface area contributed by atoms with Gasteiger partial charge in [-0.1, -0.05) is 18.2 Å². The second-order valence-electron chi connectivity index (χ2n) is 3.56. The first-order valence-corrected chi connectivity index (χ1v) is 5.38. The van der Waals surface area contributed by atoms with Crippen LogP contribution < -0.4 is 5.73 Å². The third-order valence-corrected chi connectivity index (χ3v) is 2.81. The molecule has 1 amide bonds. The summed E-state index contributed by atoms with van der Waals surface area (Å²) in [5, 5.41) is 0.336. The summed E-state index contributed by atoms with van der Waals surface area (Å²) in [7, 11) is 0. The number of fused-ring (bicyclic) bond motifs is 1. The van der Waals surface area contributed by atoms with E-state index in [1.54, 1.807) is 6.20 Å². The van der Waals surface area contributed by atoms with E-state index in [4.69, 9.17) is 17.3 Å². The molecule has 82 valence electrons. The lowest BCUT2D eigenvalue weighted by Gasteiger charge is -2.08. The predicted octanol–water partition coefficient (Wildman–Crippen LogP) is 1.87. The zero-order chi connectivity index (χ0) is 11.5. The Hall–Kier alpha value is -1.61. The lowest BCUT2D eigenvalue weighted by molar-refractivity contribution is -0.117. The molecule has 0 bridgehead atoms. The van der Waals surface area contributed by atoms with Crippen molar-refractivity contribution in [2.45, 2.75) is 11.8 Å². The maximum Gasteiger partial charge on any atom is 0.235 e. The number of nitrogens with zero attached hydrogens (tertiary/aromatic N) is 1. The van der Waals surface area contributed by atoms with E-state index in [-0.39, 0.29) is 0 Å². The number of pyridine rings is 1. The number of nitrogens with two attached hydrogens (primary N) is 1. The van der Waals surface area contributed by atoms with Crippen molar-refractivity contribution in [3.63, 3.8) is 0 Å². The molecular weight excluding hydrogens is 224 g/mol. The summed E-state index contributed by atoms with van der Waals surface area (Å²) in [6, 6.07) is 9.57. The summed E-state index contributed by atoms with van der Waals surface area (Å²) in [5.41, 5.74) is 7.03. The van der Waals surface area contributed by atoms with Gasteiger partial charge in [0, 0.05) is 11.6 Å². The van der Waals surface area contributed by atoms with Crippen molar-refractivity contribution < 1.29 is 4.79 Å². The first-order valence-electron chi connectivity index (χ1n) is 4.94. The van der Waals surface area contributed by atoms with Crippen molar-refractivity contribution in [1.82, 2.24) is 4.98 Å². The Morgan fingerprint density at radius 3 is 2.94 bits per heavy atom. The summed E-state index contributed by atoms with van der Waals surface area (Å²) >= 11 is 5.86. The Balaban J connectivity index is 2.41. The van der Waals surface area contributed by atoms with E-state index in [0.29, 0.717) is 6.42 Å². The van der Waals surface area contributed by atoms with Gasteiger partial charge in [-0.25, -0.2) is 0 Å². The summed E-state index contributed by atoms with van der Waals surface area (Å²) < 4.78 is 0. The van der Waals surface area contributed by atoms with E-state index in [2.05, 4.69) is 4.98 Å². The maximum absolute atomic E-state index is 10.9. The fourth-order valence-electron chi connectivity index (χ4n) is 1.64. The molecule has 1 atom stereocenters. The minimum absolute atomic E-state index is 0.430. The number of aromatic nitrogens is 1. The molecule has 0 saturated carbocycles. The average molecular weight is 235 g/mol. The molecule has 4 heteroatoms. The molecule has 0 fully saturated rings. The molecule has 0 aliphatic carbocycles. The first kappa shape index (κ1) is 10.9. The number of hydrogen-bond acceptors (Lipinski definition) is 2. The molecular formula is C12H11ClN2O. The highest BCUT2D eigenvalue weighted by molar-refractivity contribution is 6.30. The van der Waals surface area contributed by atoms with Crippen LogP contribution in [0.4, 0.5) is 0 Å². The number of amides is 1. The molecule has 2 aromatic rings. The molecule has 0 aliphatic heterocycles. The number of rotatable bonds is 3. The van der Waals surface area contributed by atoms with Crippen LogP contribution in [0.15, 0.2) is 36.5 Å². The summed E-state index contributed by atoms with van der Waals surface area (Å²) in [4.78, 5) is 15.1. The van der Waals surface area contributed by atoms with Gasteiger partial charge in [0.25, 0.3) is 0 Å². The molecule has 0 aliphatic rings. The van der Waals surface area contributed by atoms with Crippen LogP contribution in [0.3, 0.4) is 0 Å². The number of alkyl halides is 1. The minimum Gasteiger partial charge on any atom is -0.368 e. The van der Waals surface area contributed by atoms with Gasteiger partial charge in [0.2, 0.25) is 5.91 Å². The van der Waals surface area contributed by atoms with Gasteiger partial charge < -0.3 is 5.73 Å². The quantitative estimate of drug-likeness (QED) is 0.825. The number of carbonyl (C=O) groups is 1. The predicted molar refractivity (Wildman–Crippen MR) is 64.3 cm³/mol. The van der Waals surface area contributed by atoms with Crippen molar-refractivity contribution in [3.8, 4) is 0 Å². The molecule has 0 radical (unpaired) electrons. The van der Waals surface area contributed by atoms with E-state index < -0.39 is 11.3 Å². The van der Waals surface area contributed by atoms with Crippen LogP contribution in [0, 0.1) is 0 Å². The topological polar surface area (TPSA) is 56.0 Å². The highest BCUT2D eigenvalue weighted by atomic mass is 35.5. The molecule has 0 saturated heterocycles. The third-order valence-electron chi connectivity index (χ3n) is 2.44. The van der Waals surface area contributed by atoms with Crippen molar-refractivity contribution in [1.29, 1.82) is 0 Å². The summed E-state index contributed by atoms with van der Waals surface area (Å²) in [6.07, 6.45) is 2.16. The normalized spacial score (nSPS) is 12.6. The molecule has 2 rings (SSSR count). The monoisotopic (exact) mass is 234 g/mol. The number of benzene rings is 1. The highest BCUT2D eigenvalue weighted by Gasteiger charge is 2.13. The van der Waals surface area contributed by atoms with Crippen molar-refractivity contribution in [2.75, 3.05) is 0 Å². The summed E-state index contributed by atoms with van der Waals surface area (Å²) in [6.45, 7) is 0. The summed E-state index contributed by atoms with van der Waals surface area (Å²) in [5.74, 6) is -0.498. The van der Waals surface area contributed by atoms with Crippen molar-refractivity contribution >= 4 is 28.4 Å². The number of primary amides is 1. The van der Waals surface area contributed by atoms with Crippen LogP contribution in [0.2, 0.25) is 0 Å². The van der Waals surface area contributed by atoms with E-state index in [9.17, 15) is 4.79 Å². The van der Waals surface area contributed by atoms with E-state index in [1.807, 2.05) is 30.3 Å². The second-order valence-corrected chi connectivity index (χ2v) is 4.09. The fourth-order valence-corrected chi connectivity index (χ4v) is 1.80. The van der Waals surface area contributed by atoms with Crippen LogP contribution in [-0.4, -0.2) is 16.3 Å². The van der Waals surface area contributed by atoms with Gasteiger partial charge in [-0.3, -0.25) is 9.78 Å². The zero-order valence-corrected chi connectivity index (χ0v) is 9.32. The van der Waals surface area contributed by atoms with Crippen LogP contribution in [0.25, 0.3) is 10.9 Å². The van der Waals surface area contributed by atoms with Crippen molar-refractivity contribution in [3.05, 3.63) is 42.1 Å². The Labute approximate surface area is 98.2 Å². The Morgan fingerprint density at radius 2 is 2.19 bits per heavy atom. The molecule has 2 N–H and O–H groups in total. The standard InChI is InChI=1S/C12H11ClN2O/c13-10(12(14)16)7-8-3-1-5-11-9(8)4-2-6-15-11/h1-6,10H,7H2,(H2,14,16). The van der Waals surface area contributed by atoms with Gasteiger partial charge in [-0.2, -0.15) is 0 Å². The van der Waals surface area contributed by atoms with Crippen LogP contribution in [0.5, 0.6) is 0 Å². The lowest BCUT2D eigenvalue weighted by atomic mass is 10.0. The van der Waals surface area contributed by atoms with Gasteiger partial charge >= 0.3 is 0 Å². The fraction of sp³-hybridized carbons (Fsp3) is 0.167. The molecule has 1 heterocycles. The van der Waals surface area contributed by atoms with Crippen LogP contribution >= 0.6 is 11.6 Å². The van der Waals surface area contributed by atoms with Gasteiger partial charge in [0.15, 0.2) is 0 Å². The van der Waals surface area contributed by atoms with E-state index in [1.165, 1.54) is 0 Å². The Kier molecular flexibility index (Phi) is 3.06. The Morgan fingerprint density at radius 1 is 1.38 bits per heavy atom. The Bertz CT molecular complexity index is 522. The minimum atomic E-state index is -0.675. The van der Waals surface area contributed by atoms with Crippen molar-refractivity contribution in [2.24, 2.45) is 5.73 Å². The molecule has 1 aromatic heterocycles. The van der Waals surface area contributed by atoms with Gasteiger partial charge in [0.05, 0.1) is 5.52 Å². The zero-order valence-electron chi connectivity index (χ0n) is 8.56. The highest BCUT2D eigenvalue weighted by Crippen LogP contribution is 2.19. The number of hydrogen-bond donors (Lipinski definition) is 1. The molecule has 1 aromatic carbocycles. The molecule has 16 heavy (non-hydrogen) atoms. The maximum atomic E-state index is 10.9. The third kappa shape index (κ3) is 2.14. The lowest BCUT2D eigenvalue weighted by Crippen LogP contribution is -2.25. The van der Waals surface area contributed by atoms with Gasteiger partial charge in [0.1, 0.15) is 5.38 Å². The molecule has 3 nitrogen and oxygen atoms in total. The second kappa shape index (κ2) is 4.49. The van der Waals surface area contributed by atoms with Crippen LogP contribution in [0.1, 0.15) is 5.56 Å². The molecule has 0 spiro atoms. The number of carbonyl (C=O) groups excluding carboxylic acids is 1. The largest absolute Gasteiger partial charge is 0.368 e. The van der Waals surface area contributed by atoms with Gasteiger partial charge in [-0.15, -0.1) is 11.6 Å². The molecule has 1 unspecified atom stereocenters. The van der Waals surface area contributed by atoms with Gasteiger partial charge in [-0.05, 0) is 24.1 Å². The first-order chi connectivity index (χ1) is 7.68. The number of halogens is 1. The average Bonchev–Trinajstić information content (AvgIpc) is 2.29. The van der Waals surface area contributed by atoms with Crippen LogP contribution in [-0.2, 0) is 11.2 Å². The van der Waals surface area contributed by atoms with E-state index in [0.717, 1.165) is 16.5 Å². The smallest absolute Gasteiger partial charge is 0.235 e. The SMILES string of the molecule is NC(=O)C(Cl)Cc1cccc2ncccc12.